The molecule has 0 aliphatic rings. The second-order valence-corrected chi connectivity index (χ2v) is 6.03. The molecule has 0 saturated heterocycles. The van der Waals surface area contributed by atoms with Gasteiger partial charge in [0.1, 0.15) is 0 Å². The van der Waals surface area contributed by atoms with Crippen LogP contribution in [0.5, 0.6) is 0 Å². The summed E-state index contributed by atoms with van der Waals surface area (Å²) in [5.41, 5.74) is 0.554. The Hall–Kier alpha value is -1.48. The van der Waals surface area contributed by atoms with E-state index in [0.717, 1.165) is 0 Å². The second-order valence-electron chi connectivity index (χ2n) is 4.22. The van der Waals surface area contributed by atoms with Gasteiger partial charge in [-0.15, -0.1) is 0 Å². The van der Waals surface area contributed by atoms with Crippen molar-refractivity contribution in [1.29, 1.82) is 0 Å². The molecule has 0 amide bonds. The van der Waals surface area contributed by atoms with Crippen molar-refractivity contribution in [2.45, 2.75) is 11.9 Å². The SMILES string of the molecule is COCC(O)CNS(=O)(=O)Cc1ccc(C(=O)O)cc1. The van der Waals surface area contributed by atoms with Gasteiger partial charge in [0.05, 0.1) is 24.0 Å². The first-order valence-corrected chi connectivity index (χ1v) is 7.46. The third kappa shape index (κ3) is 5.66. The summed E-state index contributed by atoms with van der Waals surface area (Å²) in [5.74, 6) is -1.35. The third-order valence-electron chi connectivity index (χ3n) is 2.46. The van der Waals surface area contributed by atoms with E-state index in [1.807, 2.05) is 0 Å². The normalized spacial score (nSPS) is 13.1. The zero-order valence-corrected chi connectivity index (χ0v) is 11.8. The first-order valence-electron chi connectivity index (χ1n) is 5.80. The van der Waals surface area contributed by atoms with Crippen molar-refractivity contribution in [3.8, 4) is 0 Å². The number of hydrogen-bond donors (Lipinski definition) is 3. The molecule has 0 spiro atoms. The maximum absolute atomic E-state index is 11.7. The summed E-state index contributed by atoms with van der Waals surface area (Å²) in [7, 11) is -2.19. The summed E-state index contributed by atoms with van der Waals surface area (Å²) in [6.45, 7) is -0.0980. The first kappa shape index (κ1) is 16.6. The van der Waals surface area contributed by atoms with Crippen LogP contribution in [-0.4, -0.2) is 51.0 Å². The van der Waals surface area contributed by atoms with Gasteiger partial charge in [0, 0.05) is 13.7 Å². The minimum atomic E-state index is -3.59. The Labute approximate surface area is 117 Å². The van der Waals surface area contributed by atoms with Gasteiger partial charge in [-0.05, 0) is 17.7 Å². The smallest absolute Gasteiger partial charge is 0.335 e. The highest BCUT2D eigenvalue weighted by Gasteiger charge is 2.14. The van der Waals surface area contributed by atoms with Crippen LogP contribution in [0.1, 0.15) is 15.9 Å². The molecule has 20 heavy (non-hydrogen) atoms. The number of hydrogen-bond acceptors (Lipinski definition) is 5. The molecule has 1 rings (SSSR count). The molecule has 0 radical (unpaired) electrons. The Morgan fingerprint density at radius 2 is 1.95 bits per heavy atom. The summed E-state index contributed by atoms with van der Waals surface area (Å²) in [4.78, 5) is 10.7. The molecule has 0 bridgehead atoms. The fraction of sp³-hybridized carbons (Fsp3) is 0.417. The van der Waals surface area contributed by atoms with Gasteiger partial charge in [0.25, 0.3) is 0 Å². The summed E-state index contributed by atoms with van der Waals surface area (Å²) in [6.07, 6.45) is -0.913. The molecule has 1 atom stereocenters. The summed E-state index contributed by atoms with van der Waals surface area (Å²) < 4.78 is 30.4. The predicted molar refractivity (Wildman–Crippen MR) is 71.9 cm³/mol. The summed E-state index contributed by atoms with van der Waals surface area (Å²) in [6, 6.07) is 5.56. The highest BCUT2D eigenvalue weighted by atomic mass is 32.2. The molecule has 0 aromatic heterocycles. The fourth-order valence-corrected chi connectivity index (χ4v) is 2.67. The number of carboxylic acids is 1. The lowest BCUT2D eigenvalue weighted by Gasteiger charge is -2.11. The van der Waals surface area contributed by atoms with Crippen LogP contribution in [0.3, 0.4) is 0 Å². The van der Waals surface area contributed by atoms with Gasteiger partial charge in [-0.25, -0.2) is 17.9 Å². The predicted octanol–water partition coefficient (Wildman–Crippen LogP) is -0.188. The van der Waals surface area contributed by atoms with Crippen molar-refractivity contribution >= 4 is 16.0 Å². The number of methoxy groups -OCH3 is 1. The number of benzene rings is 1. The van der Waals surface area contributed by atoms with Gasteiger partial charge in [0.15, 0.2) is 0 Å². The van der Waals surface area contributed by atoms with Crippen molar-refractivity contribution < 1.29 is 28.2 Å². The number of aliphatic hydroxyl groups excluding tert-OH is 1. The van der Waals surface area contributed by atoms with Crippen LogP contribution >= 0.6 is 0 Å². The number of nitrogens with one attached hydrogen (secondary N) is 1. The van der Waals surface area contributed by atoms with Crippen molar-refractivity contribution in [1.82, 2.24) is 4.72 Å². The minimum Gasteiger partial charge on any atom is -0.478 e. The summed E-state index contributed by atoms with van der Waals surface area (Å²) >= 11 is 0. The van der Waals surface area contributed by atoms with Gasteiger partial charge in [-0.3, -0.25) is 0 Å². The lowest BCUT2D eigenvalue weighted by Crippen LogP contribution is -2.35. The van der Waals surface area contributed by atoms with Crippen molar-refractivity contribution in [2.75, 3.05) is 20.3 Å². The van der Waals surface area contributed by atoms with E-state index in [0.29, 0.717) is 5.56 Å². The monoisotopic (exact) mass is 303 g/mol. The number of carboxylic acid groups (broad SMARTS) is 1. The van der Waals surface area contributed by atoms with Gasteiger partial charge in [0.2, 0.25) is 10.0 Å². The molecule has 112 valence electrons. The molecule has 7 nitrogen and oxygen atoms in total. The van der Waals surface area contributed by atoms with Crippen LogP contribution in [-0.2, 0) is 20.5 Å². The average molecular weight is 303 g/mol. The lowest BCUT2D eigenvalue weighted by molar-refractivity contribution is 0.0679. The highest BCUT2D eigenvalue weighted by Crippen LogP contribution is 2.08. The molecular weight excluding hydrogens is 286 g/mol. The number of rotatable bonds is 8. The van der Waals surface area contributed by atoms with Gasteiger partial charge in [-0.1, -0.05) is 12.1 Å². The van der Waals surface area contributed by atoms with E-state index in [9.17, 15) is 18.3 Å². The van der Waals surface area contributed by atoms with Crippen LogP contribution in [0.25, 0.3) is 0 Å². The maximum Gasteiger partial charge on any atom is 0.335 e. The molecule has 0 heterocycles. The number of ether oxygens (including phenoxy) is 1. The van der Waals surface area contributed by atoms with Crippen LogP contribution in [0.2, 0.25) is 0 Å². The first-order chi connectivity index (χ1) is 9.34. The number of aromatic carboxylic acids is 1. The highest BCUT2D eigenvalue weighted by molar-refractivity contribution is 7.88. The Bertz CT molecular complexity index is 540. The second kappa shape index (κ2) is 7.34. The van der Waals surface area contributed by atoms with E-state index in [1.54, 1.807) is 0 Å². The van der Waals surface area contributed by atoms with E-state index >= 15 is 0 Å². The standard InChI is InChI=1S/C12H17NO6S/c1-19-7-11(14)6-13-20(17,18)8-9-2-4-10(5-3-9)12(15)16/h2-5,11,13-14H,6-8H2,1H3,(H,15,16). The topological polar surface area (TPSA) is 113 Å². The molecule has 1 aromatic carbocycles. The molecule has 3 N–H and O–H groups in total. The Morgan fingerprint density at radius 1 is 1.35 bits per heavy atom. The largest absolute Gasteiger partial charge is 0.478 e. The van der Waals surface area contributed by atoms with E-state index in [-0.39, 0.29) is 24.5 Å². The quantitative estimate of drug-likeness (QED) is 0.613. The molecule has 1 unspecified atom stereocenters. The van der Waals surface area contributed by atoms with Crippen molar-refractivity contribution in [3.63, 3.8) is 0 Å². The van der Waals surface area contributed by atoms with Gasteiger partial charge in [-0.2, -0.15) is 0 Å². The average Bonchev–Trinajstić information content (AvgIpc) is 2.37. The van der Waals surface area contributed by atoms with E-state index < -0.39 is 22.1 Å². The van der Waals surface area contributed by atoms with Crippen molar-refractivity contribution in [3.05, 3.63) is 35.4 Å². The van der Waals surface area contributed by atoms with E-state index in [2.05, 4.69) is 9.46 Å². The molecule has 1 aromatic rings. The zero-order chi connectivity index (χ0) is 15.2. The Kier molecular flexibility index (Phi) is 6.08. The van der Waals surface area contributed by atoms with E-state index in [1.165, 1.54) is 31.4 Å². The number of sulfonamides is 1. The molecule has 0 aliphatic heterocycles. The van der Waals surface area contributed by atoms with Crippen molar-refractivity contribution in [2.24, 2.45) is 0 Å². The number of carbonyl (C=O) groups is 1. The fourth-order valence-electron chi connectivity index (χ4n) is 1.49. The summed E-state index contributed by atoms with van der Waals surface area (Å²) in [5, 5.41) is 18.1. The van der Waals surface area contributed by atoms with Crippen LogP contribution < -0.4 is 4.72 Å². The Balaban J connectivity index is 2.59. The van der Waals surface area contributed by atoms with Gasteiger partial charge >= 0.3 is 5.97 Å². The minimum absolute atomic E-state index is 0.0375. The maximum atomic E-state index is 11.7. The third-order valence-corrected chi connectivity index (χ3v) is 3.78. The number of aliphatic hydroxyl groups is 1. The van der Waals surface area contributed by atoms with E-state index in [4.69, 9.17) is 5.11 Å². The van der Waals surface area contributed by atoms with Crippen LogP contribution in [0, 0.1) is 0 Å². The van der Waals surface area contributed by atoms with Crippen LogP contribution in [0.15, 0.2) is 24.3 Å². The molecular formula is C12H17NO6S. The lowest BCUT2D eigenvalue weighted by atomic mass is 10.1. The molecule has 8 heteroatoms. The zero-order valence-electron chi connectivity index (χ0n) is 10.9. The molecule has 0 aliphatic carbocycles. The van der Waals surface area contributed by atoms with Crippen LogP contribution in [0.4, 0.5) is 0 Å². The Morgan fingerprint density at radius 3 is 2.45 bits per heavy atom. The molecule has 0 fully saturated rings. The molecule has 0 saturated carbocycles. The van der Waals surface area contributed by atoms with Gasteiger partial charge < -0.3 is 14.9 Å².